The molecule has 2 aliphatic rings. The van der Waals surface area contributed by atoms with Crippen LogP contribution < -0.4 is 10.6 Å². The van der Waals surface area contributed by atoms with Crippen LogP contribution in [0.15, 0.2) is 111 Å². The lowest BCUT2D eigenvalue weighted by Gasteiger charge is -2.53. The van der Waals surface area contributed by atoms with Crippen LogP contribution in [0.25, 0.3) is 0 Å². The number of aromatic nitrogens is 3. The second-order valence-corrected chi connectivity index (χ2v) is 16.0. The van der Waals surface area contributed by atoms with Gasteiger partial charge >= 0.3 is 12.6 Å². The van der Waals surface area contributed by atoms with Gasteiger partial charge in [0.25, 0.3) is 5.91 Å². The van der Waals surface area contributed by atoms with Gasteiger partial charge in [-0.3, -0.25) is 14.4 Å². The van der Waals surface area contributed by atoms with Crippen molar-refractivity contribution in [3.8, 4) is 0 Å². The van der Waals surface area contributed by atoms with E-state index in [-0.39, 0.29) is 23.7 Å². The fourth-order valence-electron chi connectivity index (χ4n) is 6.22. The van der Waals surface area contributed by atoms with Gasteiger partial charge in [-0.2, -0.15) is 8.78 Å². The Balaban J connectivity index is 1.13. The molecular formula is C35H29F2N7O5S4. The third-order valence-corrected chi connectivity index (χ3v) is 13.3. The average molecular weight is 794 g/mol. The number of aliphatic carboxylic acids is 1. The summed E-state index contributed by atoms with van der Waals surface area (Å²) in [5.41, 5.74) is 1.41. The molecule has 3 N–H and O–H groups in total. The van der Waals surface area contributed by atoms with E-state index in [1.54, 1.807) is 5.51 Å². The quantitative estimate of drug-likeness (QED) is 0.0422. The lowest BCUT2D eigenvalue weighted by Crippen LogP contribution is -2.74. The van der Waals surface area contributed by atoms with Gasteiger partial charge in [0.05, 0.1) is 0 Å². The van der Waals surface area contributed by atoms with Crippen molar-refractivity contribution in [3.05, 3.63) is 124 Å². The van der Waals surface area contributed by atoms with Crippen molar-refractivity contribution in [1.29, 1.82) is 0 Å². The molecule has 5 aromatic rings. The number of oxime groups is 1. The number of carboxylic acid groups (broad SMARTS) is 1. The second-order valence-electron chi connectivity index (χ2n) is 12.0. The minimum Gasteiger partial charge on any atom is -0.481 e. The van der Waals surface area contributed by atoms with Gasteiger partial charge in [-0.15, -0.1) is 33.3 Å². The molecule has 0 aliphatic carbocycles. The summed E-state index contributed by atoms with van der Waals surface area (Å²) in [6.07, 6.45) is 0. The summed E-state index contributed by atoms with van der Waals surface area (Å²) in [6, 6.07) is 28.2. The molecule has 53 heavy (non-hydrogen) atoms. The molecule has 2 aromatic heterocycles. The Morgan fingerprint density at radius 3 is 2.19 bits per heavy atom. The smallest absolute Gasteiger partial charge is 0.407 e. The molecular weight excluding hydrogens is 765 g/mol. The number of nitrogens with one attached hydrogen (secondary N) is 2. The van der Waals surface area contributed by atoms with Gasteiger partial charge in [0.1, 0.15) is 33.6 Å². The Hall–Kier alpha value is -4.91. The van der Waals surface area contributed by atoms with Crippen molar-refractivity contribution in [2.45, 2.75) is 27.9 Å². The first-order valence-corrected chi connectivity index (χ1v) is 19.8. The number of carboxylic acids is 1. The summed E-state index contributed by atoms with van der Waals surface area (Å²) in [5, 5.41) is 28.8. The van der Waals surface area contributed by atoms with E-state index in [4.69, 9.17) is 0 Å². The molecule has 0 saturated carbocycles. The second kappa shape index (κ2) is 15.6. The van der Waals surface area contributed by atoms with Gasteiger partial charge in [0.15, 0.2) is 15.2 Å². The van der Waals surface area contributed by atoms with Crippen molar-refractivity contribution in [2.75, 3.05) is 23.4 Å². The standard InChI is InChI=1S/C35H29F2N7O5S4/c36-31(37)49-43-25(27(45)40-26-28(46)44-17-34(30(47)48,18-51-29(26)44)19-52-33-42-38-20-53-33)24-16-50-32(39-24)41-35(21-10-4-1-5-11-21,22-12-6-2-7-13-22)23-14-8-3-9-15-23/h1-16,20,26,29,31H,17-19H2,(H,39,41)(H,40,45)(H,47,48)/t26?,29-,34?/m1/s1. The van der Waals surface area contributed by atoms with E-state index in [0.717, 1.165) is 28.0 Å². The van der Waals surface area contributed by atoms with Gasteiger partial charge in [-0.25, -0.2) is 4.98 Å². The number of carbonyl (C=O) groups excluding carboxylic acids is 2. The number of fused-ring (bicyclic) bond motifs is 1. The van der Waals surface area contributed by atoms with Crippen LogP contribution in [-0.4, -0.2) is 84.8 Å². The molecule has 2 unspecified atom stereocenters. The highest BCUT2D eigenvalue weighted by atomic mass is 32.2. The lowest BCUT2D eigenvalue weighted by atomic mass is 9.77. The molecule has 2 amide bonds. The summed E-state index contributed by atoms with van der Waals surface area (Å²) >= 11 is 4.89. The highest BCUT2D eigenvalue weighted by molar-refractivity contribution is 8.01. The Bertz CT molecular complexity index is 2000. The van der Waals surface area contributed by atoms with E-state index in [1.165, 1.54) is 45.1 Å². The van der Waals surface area contributed by atoms with E-state index >= 15 is 0 Å². The molecule has 3 atom stereocenters. The fourth-order valence-corrected chi connectivity index (χ4v) is 10.3. The van der Waals surface area contributed by atoms with Crippen molar-refractivity contribution in [3.63, 3.8) is 0 Å². The van der Waals surface area contributed by atoms with Gasteiger partial charge in [-0.05, 0) is 16.7 Å². The number of thiazole rings is 1. The normalized spacial score (nSPS) is 20.0. The van der Waals surface area contributed by atoms with Crippen LogP contribution in [-0.2, 0) is 24.8 Å². The number of thioether (sulfide) groups is 2. The van der Waals surface area contributed by atoms with Crippen LogP contribution in [0.1, 0.15) is 22.4 Å². The number of β-lactam (4-membered cyclic amide) rings is 1. The third kappa shape index (κ3) is 7.36. The lowest BCUT2D eigenvalue weighted by molar-refractivity contribution is -0.157. The third-order valence-electron chi connectivity index (χ3n) is 8.80. The van der Waals surface area contributed by atoms with Crippen molar-refractivity contribution >= 4 is 74.8 Å². The largest absolute Gasteiger partial charge is 0.481 e. The van der Waals surface area contributed by atoms with E-state index in [2.05, 4.69) is 35.8 Å². The summed E-state index contributed by atoms with van der Waals surface area (Å²) in [7, 11) is 0. The first-order valence-electron chi connectivity index (χ1n) is 16.0. The first-order chi connectivity index (χ1) is 25.7. The Morgan fingerprint density at radius 2 is 1.64 bits per heavy atom. The van der Waals surface area contributed by atoms with Crippen LogP contribution in [0.3, 0.4) is 0 Å². The van der Waals surface area contributed by atoms with Crippen molar-refractivity contribution < 1.29 is 33.1 Å². The van der Waals surface area contributed by atoms with Crippen LogP contribution in [0.5, 0.6) is 0 Å². The molecule has 0 radical (unpaired) electrons. The Morgan fingerprint density at radius 1 is 1.02 bits per heavy atom. The van der Waals surface area contributed by atoms with E-state index < -0.39 is 52.5 Å². The number of nitrogens with zero attached hydrogens (tertiary/aromatic N) is 5. The SMILES string of the molecule is O=C(NC1C(=O)N2CC(CSc3nncs3)(C(=O)O)CS[C@H]12)C(=NOC(F)F)c1csc(NC(c2ccccc2)(c2ccccc2)c2ccccc2)n1. The van der Waals surface area contributed by atoms with E-state index in [1.807, 2.05) is 91.0 Å². The maximum atomic E-state index is 13.7. The number of amides is 2. The van der Waals surface area contributed by atoms with E-state index in [0.29, 0.717) is 9.47 Å². The molecule has 2 aliphatic heterocycles. The molecule has 7 rings (SSSR count). The molecule has 272 valence electrons. The maximum absolute atomic E-state index is 13.7. The van der Waals surface area contributed by atoms with Crippen molar-refractivity contribution in [1.82, 2.24) is 25.4 Å². The van der Waals surface area contributed by atoms with Gasteiger partial charge < -0.3 is 25.5 Å². The molecule has 0 spiro atoms. The summed E-state index contributed by atoms with van der Waals surface area (Å²) in [6.45, 7) is -3.40. The number of anilines is 1. The Labute approximate surface area is 318 Å². The van der Waals surface area contributed by atoms with Crippen molar-refractivity contribution in [2.24, 2.45) is 10.6 Å². The zero-order chi connectivity index (χ0) is 37.0. The fraction of sp³-hybridized carbons (Fsp3) is 0.229. The number of halogens is 2. The topological polar surface area (TPSA) is 159 Å². The molecule has 12 nitrogen and oxygen atoms in total. The molecule has 3 aromatic carbocycles. The maximum Gasteiger partial charge on any atom is 0.407 e. The van der Waals surface area contributed by atoms with Crippen LogP contribution in [0.4, 0.5) is 13.9 Å². The monoisotopic (exact) mass is 793 g/mol. The highest BCUT2D eigenvalue weighted by Gasteiger charge is 2.57. The zero-order valence-corrected chi connectivity index (χ0v) is 30.6. The predicted octanol–water partition coefficient (Wildman–Crippen LogP) is 5.61. The number of hydrogen-bond acceptors (Lipinski definition) is 13. The predicted molar refractivity (Wildman–Crippen MR) is 199 cm³/mol. The Kier molecular flexibility index (Phi) is 10.7. The summed E-state index contributed by atoms with van der Waals surface area (Å²) in [5.74, 6) is -2.18. The van der Waals surface area contributed by atoms with E-state index in [9.17, 15) is 28.3 Å². The number of carbonyl (C=O) groups is 3. The van der Waals surface area contributed by atoms with Crippen LogP contribution in [0, 0.1) is 5.41 Å². The number of hydrogen-bond donors (Lipinski definition) is 3. The molecule has 2 fully saturated rings. The first kappa shape index (κ1) is 36.4. The van der Waals surface area contributed by atoms with Crippen LogP contribution >= 0.6 is 46.2 Å². The minimum absolute atomic E-state index is 0.0581. The minimum atomic E-state index is -3.33. The highest BCUT2D eigenvalue weighted by Crippen LogP contribution is 2.45. The number of rotatable bonds is 14. The summed E-state index contributed by atoms with van der Waals surface area (Å²) in [4.78, 5) is 49.7. The number of alkyl halides is 2. The molecule has 4 heterocycles. The van der Waals surface area contributed by atoms with Crippen LogP contribution in [0.2, 0.25) is 0 Å². The zero-order valence-electron chi connectivity index (χ0n) is 27.4. The summed E-state index contributed by atoms with van der Waals surface area (Å²) < 4.78 is 27.1. The average Bonchev–Trinajstić information content (AvgIpc) is 3.89. The van der Waals surface area contributed by atoms with Gasteiger partial charge in [0.2, 0.25) is 5.91 Å². The number of benzene rings is 3. The molecule has 18 heteroatoms. The molecule has 2 saturated heterocycles. The van der Waals surface area contributed by atoms with Gasteiger partial charge in [-0.1, -0.05) is 119 Å². The van der Waals surface area contributed by atoms with Gasteiger partial charge in [0, 0.05) is 23.4 Å². The molecule has 0 bridgehead atoms.